The number of rotatable bonds is 7. The molecule has 3 aromatic carbocycles. The number of amides is 2. The SMILES string of the molecule is COc1cc(/C=C2/SC(=Nc3cccc(Cl)c3C)NC2=O)ccc1OCC(=O)Nc1ccc(C)cc1. The van der Waals surface area contributed by atoms with Gasteiger partial charge < -0.3 is 20.1 Å². The van der Waals surface area contributed by atoms with E-state index in [1.54, 1.807) is 30.3 Å². The molecule has 1 heterocycles. The number of ether oxygens (including phenoxy) is 2. The Labute approximate surface area is 218 Å². The zero-order chi connectivity index (χ0) is 25.7. The van der Waals surface area contributed by atoms with Gasteiger partial charge in [-0.3, -0.25) is 9.59 Å². The van der Waals surface area contributed by atoms with Gasteiger partial charge in [-0.1, -0.05) is 41.4 Å². The van der Waals surface area contributed by atoms with Crippen molar-refractivity contribution in [1.82, 2.24) is 5.32 Å². The number of thioether (sulfide) groups is 1. The number of aliphatic imine (C=N–C) groups is 1. The zero-order valence-electron chi connectivity index (χ0n) is 19.9. The molecule has 1 aliphatic rings. The van der Waals surface area contributed by atoms with E-state index in [2.05, 4.69) is 15.6 Å². The quantitative estimate of drug-likeness (QED) is 0.379. The Hall–Kier alpha value is -3.75. The first-order valence-electron chi connectivity index (χ1n) is 11.0. The number of benzene rings is 3. The summed E-state index contributed by atoms with van der Waals surface area (Å²) < 4.78 is 11.1. The maximum absolute atomic E-state index is 12.5. The fraction of sp³-hybridized carbons (Fsp3) is 0.148. The topological polar surface area (TPSA) is 89.0 Å². The molecule has 0 bridgehead atoms. The Morgan fingerprint density at radius 2 is 1.89 bits per heavy atom. The lowest BCUT2D eigenvalue weighted by Crippen LogP contribution is -2.20. The molecule has 0 atom stereocenters. The molecule has 2 amide bonds. The molecule has 36 heavy (non-hydrogen) atoms. The van der Waals surface area contributed by atoms with Crippen LogP contribution < -0.4 is 20.1 Å². The lowest BCUT2D eigenvalue weighted by Gasteiger charge is -2.12. The highest BCUT2D eigenvalue weighted by molar-refractivity contribution is 8.18. The van der Waals surface area contributed by atoms with Crippen molar-refractivity contribution < 1.29 is 19.1 Å². The van der Waals surface area contributed by atoms with E-state index in [0.29, 0.717) is 38.0 Å². The fourth-order valence-electron chi connectivity index (χ4n) is 3.33. The van der Waals surface area contributed by atoms with Crippen molar-refractivity contribution in [3.8, 4) is 11.5 Å². The maximum Gasteiger partial charge on any atom is 0.264 e. The standard InChI is InChI=1S/C27H24ClN3O4S/c1-16-7-10-19(11-8-16)29-25(32)15-35-22-12-9-18(13-23(22)34-3)14-24-26(33)31-27(36-24)30-21-6-4-5-20(28)17(21)2/h4-14H,15H2,1-3H3,(H,29,32)(H,30,31,33)/b24-14+. The second-order valence-electron chi connectivity index (χ2n) is 7.98. The van der Waals surface area contributed by atoms with Gasteiger partial charge in [0.25, 0.3) is 11.8 Å². The Kier molecular flexibility index (Phi) is 7.97. The summed E-state index contributed by atoms with van der Waals surface area (Å²) in [7, 11) is 1.51. The number of anilines is 1. The smallest absolute Gasteiger partial charge is 0.264 e. The van der Waals surface area contributed by atoms with Gasteiger partial charge in [-0.2, -0.15) is 0 Å². The van der Waals surface area contributed by atoms with Crippen LogP contribution in [0, 0.1) is 13.8 Å². The number of carbonyl (C=O) groups excluding carboxylic acids is 2. The highest BCUT2D eigenvalue weighted by atomic mass is 35.5. The van der Waals surface area contributed by atoms with Crippen LogP contribution in [0.2, 0.25) is 5.02 Å². The minimum Gasteiger partial charge on any atom is -0.493 e. The van der Waals surface area contributed by atoms with Crippen LogP contribution in [-0.2, 0) is 9.59 Å². The predicted octanol–water partition coefficient (Wildman–Crippen LogP) is 5.87. The second kappa shape index (κ2) is 11.3. The molecule has 1 aliphatic heterocycles. The molecule has 0 saturated carbocycles. The number of nitrogens with one attached hydrogen (secondary N) is 2. The summed E-state index contributed by atoms with van der Waals surface area (Å²) in [5.41, 5.74) is 4.08. The van der Waals surface area contributed by atoms with E-state index >= 15 is 0 Å². The van der Waals surface area contributed by atoms with Crippen molar-refractivity contribution in [2.75, 3.05) is 19.0 Å². The number of aryl methyl sites for hydroxylation is 1. The molecular weight excluding hydrogens is 498 g/mol. The van der Waals surface area contributed by atoms with Crippen LogP contribution in [0.4, 0.5) is 11.4 Å². The molecule has 3 aromatic rings. The molecule has 184 valence electrons. The molecule has 4 rings (SSSR count). The van der Waals surface area contributed by atoms with Crippen LogP contribution in [-0.4, -0.2) is 30.7 Å². The van der Waals surface area contributed by atoms with Crippen molar-refractivity contribution >= 4 is 57.8 Å². The van der Waals surface area contributed by atoms with E-state index in [4.69, 9.17) is 21.1 Å². The summed E-state index contributed by atoms with van der Waals surface area (Å²) in [6.45, 7) is 3.68. The normalized spacial score (nSPS) is 15.2. The summed E-state index contributed by atoms with van der Waals surface area (Å²) >= 11 is 7.41. The number of hydrogen-bond donors (Lipinski definition) is 2. The van der Waals surface area contributed by atoms with E-state index in [0.717, 1.165) is 16.7 Å². The van der Waals surface area contributed by atoms with Crippen LogP contribution in [0.3, 0.4) is 0 Å². The van der Waals surface area contributed by atoms with Gasteiger partial charge in [-0.05, 0) is 79.2 Å². The van der Waals surface area contributed by atoms with Crippen molar-refractivity contribution in [1.29, 1.82) is 0 Å². The molecule has 0 spiro atoms. The predicted molar refractivity (Wildman–Crippen MR) is 145 cm³/mol. The van der Waals surface area contributed by atoms with Crippen molar-refractivity contribution in [2.45, 2.75) is 13.8 Å². The third kappa shape index (κ3) is 6.27. The van der Waals surface area contributed by atoms with Crippen LogP contribution >= 0.6 is 23.4 Å². The average molecular weight is 522 g/mol. The molecule has 0 aliphatic carbocycles. The third-order valence-corrected chi connectivity index (χ3v) is 6.61. The van der Waals surface area contributed by atoms with Gasteiger partial charge in [0.15, 0.2) is 23.3 Å². The summed E-state index contributed by atoms with van der Waals surface area (Å²) in [6.07, 6.45) is 1.74. The molecule has 9 heteroatoms. The Bertz CT molecular complexity index is 1370. The molecule has 1 fully saturated rings. The van der Waals surface area contributed by atoms with Crippen LogP contribution in [0.15, 0.2) is 70.6 Å². The number of amidine groups is 1. The number of nitrogens with zero attached hydrogens (tertiary/aromatic N) is 1. The summed E-state index contributed by atoms with van der Waals surface area (Å²) in [4.78, 5) is 29.8. The third-order valence-electron chi connectivity index (χ3n) is 5.29. The molecule has 1 saturated heterocycles. The lowest BCUT2D eigenvalue weighted by atomic mass is 10.2. The molecule has 0 radical (unpaired) electrons. The monoisotopic (exact) mass is 521 g/mol. The minimum atomic E-state index is -0.284. The van der Waals surface area contributed by atoms with Crippen molar-refractivity contribution in [2.24, 2.45) is 4.99 Å². The lowest BCUT2D eigenvalue weighted by molar-refractivity contribution is -0.118. The molecule has 7 nitrogen and oxygen atoms in total. The van der Waals surface area contributed by atoms with E-state index in [-0.39, 0.29) is 18.4 Å². The van der Waals surface area contributed by atoms with Crippen LogP contribution in [0.1, 0.15) is 16.7 Å². The summed E-state index contributed by atoms with van der Waals surface area (Å²) in [6, 6.07) is 18.2. The van der Waals surface area contributed by atoms with Crippen LogP contribution in [0.25, 0.3) is 6.08 Å². The van der Waals surface area contributed by atoms with E-state index in [9.17, 15) is 9.59 Å². The molecule has 0 unspecified atom stereocenters. The number of carbonyl (C=O) groups is 2. The molecule has 2 N–H and O–H groups in total. The highest BCUT2D eigenvalue weighted by Crippen LogP contribution is 2.33. The van der Waals surface area contributed by atoms with Gasteiger partial charge in [0, 0.05) is 10.7 Å². The van der Waals surface area contributed by atoms with Crippen molar-refractivity contribution in [3.63, 3.8) is 0 Å². The van der Waals surface area contributed by atoms with Gasteiger partial charge in [0.1, 0.15) is 0 Å². The number of hydrogen-bond acceptors (Lipinski definition) is 6. The van der Waals surface area contributed by atoms with Gasteiger partial charge in [-0.15, -0.1) is 0 Å². The van der Waals surface area contributed by atoms with Gasteiger partial charge in [-0.25, -0.2) is 4.99 Å². The molecule has 0 aromatic heterocycles. The van der Waals surface area contributed by atoms with Gasteiger partial charge in [0.05, 0.1) is 17.7 Å². The first kappa shape index (κ1) is 25.3. The summed E-state index contributed by atoms with van der Waals surface area (Å²) in [5.74, 6) is 0.332. The second-order valence-corrected chi connectivity index (χ2v) is 9.42. The van der Waals surface area contributed by atoms with Gasteiger partial charge in [0.2, 0.25) is 0 Å². The van der Waals surface area contributed by atoms with Crippen molar-refractivity contribution in [3.05, 3.63) is 87.3 Å². The largest absolute Gasteiger partial charge is 0.493 e. The Morgan fingerprint density at radius 3 is 2.64 bits per heavy atom. The first-order valence-corrected chi connectivity index (χ1v) is 12.2. The molecular formula is C27H24ClN3O4S. The maximum atomic E-state index is 12.5. The highest BCUT2D eigenvalue weighted by Gasteiger charge is 2.24. The first-order chi connectivity index (χ1) is 17.3. The van der Waals surface area contributed by atoms with Gasteiger partial charge >= 0.3 is 0 Å². The summed E-state index contributed by atoms with van der Waals surface area (Å²) in [5, 5.41) is 6.66. The van der Waals surface area contributed by atoms with E-state index < -0.39 is 0 Å². The van der Waals surface area contributed by atoms with E-state index in [1.807, 2.05) is 50.2 Å². The minimum absolute atomic E-state index is 0.175. The fourth-order valence-corrected chi connectivity index (χ4v) is 4.33. The number of halogens is 1. The Balaban J connectivity index is 1.43. The number of methoxy groups -OCH3 is 1. The zero-order valence-corrected chi connectivity index (χ0v) is 21.5. The Morgan fingerprint density at radius 1 is 1.11 bits per heavy atom. The van der Waals surface area contributed by atoms with E-state index in [1.165, 1.54) is 18.9 Å². The van der Waals surface area contributed by atoms with Crippen LogP contribution in [0.5, 0.6) is 11.5 Å². The average Bonchev–Trinajstić information content (AvgIpc) is 3.20.